The van der Waals surface area contributed by atoms with Crippen LogP contribution in [0.1, 0.15) is 13.3 Å². The van der Waals surface area contributed by atoms with Gasteiger partial charge in [0.1, 0.15) is 5.54 Å². The number of rotatable bonds is 3. The molecule has 0 aliphatic carbocycles. The first-order valence-electron chi connectivity index (χ1n) is 7.29. The predicted molar refractivity (Wildman–Crippen MR) is 72.4 cm³/mol. The van der Waals surface area contributed by atoms with Crippen molar-refractivity contribution in [1.29, 1.82) is 0 Å². The second-order valence-electron chi connectivity index (χ2n) is 5.81. The smallest absolute Gasteiger partial charge is 0.322 e. The Balaban J connectivity index is 1.67. The van der Waals surface area contributed by atoms with Gasteiger partial charge in [0, 0.05) is 12.6 Å². The van der Waals surface area contributed by atoms with E-state index in [1.165, 1.54) is 0 Å². The lowest BCUT2D eigenvalue weighted by atomic mass is 9.99. The number of carbonyl (C=O) groups is 3. The highest BCUT2D eigenvalue weighted by Crippen LogP contribution is 2.27. The van der Waals surface area contributed by atoms with Gasteiger partial charge in [0.15, 0.2) is 0 Å². The Morgan fingerprint density at radius 1 is 1.48 bits per heavy atom. The van der Waals surface area contributed by atoms with E-state index in [2.05, 4.69) is 16.0 Å². The fourth-order valence-electron chi connectivity index (χ4n) is 3.31. The molecular formula is C13H20N4O4. The van der Waals surface area contributed by atoms with Crippen molar-refractivity contribution < 1.29 is 19.1 Å². The highest BCUT2D eigenvalue weighted by Gasteiger charge is 2.52. The standard InChI is InChI=1S/C13H20N4O4/c1-2-14-9-6-21-5-8(9)10(18)17-4-3-13(7-17)11(19)15-12(20)16-13/h8-9,14H,2-7H2,1H3,(H2,15,16,19,20). The van der Waals surface area contributed by atoms with Crippen molar-refractivity contribution in [2.75, 3.05) is 32.8 Å². The molecule has 8 heteroatoms. The van der Waals surface area contributed by atoms with Gasteiger partial charge in [-0.1, -0.05) is 6.92 Å². The zero-order valence-electron chi connectivity index (χ0n) is 12.0. The van der Waals surface area contributed by atoms with Gasteiger partial charge in [-0.25, -0.2) is 4.79 Å². The van der Waals surface area contributed by atoms with Crippen molar-refractivity contribution in [3.8, 4) is 0 Å². The Hall–Kier alpha value is -1.67. The fraction of sp³-hybridized carbons (Fsp3) is 0.769. The highest BCUT2D eigenvalue weighted by molar-refractivity contribution is 6.07. The minimum Gasteiger partial charge on any atom is -0.379 e. The van der Waals surface area contributed by atoms with Crippen LogP contribution in [0, 0.1) is 5.92 Å². The molecule has 0 radical (unpaired) electrons. The summed E-state index contributed by atoms with van der Waals surface area (Å²) < 4.78 is 5.40. The highest BCUT2D eigenvalue weighted by atomic mass is 16.5. The number of nitrogens with zero attached hydrogens (tertiary/aromatic N) is 1. The summed E-state index contributed by atoms with van der Waals surface area (Å²) in [5, 5.41) is 8.15. The maximum Gasteiger partial charge on any atom is 0.322 e. The second-order valence-corrected chi connectivity index (χ2v) is 5.81. The second kappa shape index (κ2) is 5.27. The number of likely N-dealkylation sites (tertiary alicyclic amines) is 1. The lowest BCUT2D eigenvalue weighted by Crippen LogP contribution is -2.51. The van der Waals surface area contributed by atoms with E-state index in [-0.39, 0.29) is 30.3 Å². The van der Waals surface area contributed by atoms with Crippen molar-refractivity contribution in [1.82, 2.24) is 20.9 Å². The molecule has 8 nitrogen and oxygen atoms in total. The molecule has 0 aromatic carbocycles. The summed E-state index contributed by atoms with van der Waals surface area (Å²) >= 11 is 0. The number of hydrogen-bond acceptors (Lipinski definition) is 5. The summed E-state index contributed by atoms with van der Waals surface area (Å²) in [4.78, 5) is 37.5. The molecular weight excluding hydrogens is 276 g/mol. The summed E-state index contributed by atoms with van der Waals surface area (Å²) in [6.07, 6.45) is 0.454. The number of likely N-dealkylation sites (N-methyl/N-ethyl adjacent to an activating group) is 1. The lowest BCUT2D eigenvalue weighted by Gasteiger charge is -2.25. The summed E-state index contributed by atoms with van der Waals surface area (Å²) in [5.74, 6) is -0.571. The van der Waals surface area contributed by atoms with E-state index < -0.39 is 11.6 Å². The molecule has 0 aromatic rings. The van der Waals surface area contributed by atoms with Crippen LogP contribution in [-0.2, 0) is 14.3 Å². The molecule has 0 bridgehead atoms. The van der Waals surface area contributed by atoms with Crippen LogP contribution in [-0.4, -0.2) is 67.2 Å². The topological polar surface area (TPSA) is 99.8 Å². The minimum absolute atomic E-state index is 0.00993. The molecule has 21 heavy (non-hydrogen) atoms. The molecule has 4 amide bonds. The largest absolute Gasteiger partial charge is 0.379 e. The van der Waals surface area contributed by atoms with Crippen molar-refractivity contribution in [2.24, 2.45) is 5.92 Å². The molecule has 3 aliphatic rings. The van der Waals surface area contributed by atoms with Crippen molar-refractivity contribution in [3.63, 3.8) is 0 Å². The summed E-state index contributed by atoms with van der Waals surface area (Å²) in [6.45, 7) is 4.41. The predicted octanol–water partition coefficient (Wildman–Crippen LogP) is -1.58. The van der Waals surface area contributed by atoms with Gasteiger partial charge in [0.25, 0.3) is 5.91 Å². The van der Waals surface area contributed by atoms with Gasteiger partial charge in [-0.15, -0.1) is 0 Å². The first kappa shape index (κ1) is 14.3. The number of nitrogens with one attached hydrogen (secondary N) is 3. The van der Waals surface area contributed by atoms with Crippen LogP contribution in [0.15, 0.2) is 0 Å². The van der Waals surface area contributed by atoms with E-state index in [9.17, 15) is 14.4 Å². The molecule has 0 aromatic heterocycles. The van der Waals surface area contributed by atoms with Crippen LogP contribution in [0.25, 0.3) is 0 Å². The first-order valence-corrected chi connectivity index (χ1v) is 7.29. The average Bonchev–Trinajstić information content (AvgIpc) is 3.11. The van der Waals surface area contributed by atoms with Crippen LogP contribution in [0.3, 0.4) is 0 Å². The van der Waals surface area contributed by atoms with Gasteiger partial charge in [-0.3, -0.25) is 14.9 Å². The molecule has 3 rings (SSSR count). The molecule has 116 valence electrons. The van der Waals surface area contributed by atoms with Crippen molar-refractivity contribution in [3.05, 3.63) is 0 Å². The molecule has 3 atom stereocenters. The number of imide groups is 1. The van der Waals surface area contributed by atoms with Crippen LogP contribution in [0.2, 0.25) is 0 Å². The van der Waals surface area contributed by atoms with Crippen molar-refractivity contribution >= 4 is 17.8 Å². The molecule has 3 heterocycles. The summed E-state index contributed by atoms with van der Waals surface area (Å²) in [5.41, 5.74) is -0.945. The number of ether oxygens (including phenoxy) is 1. The Kier molecular flexibility index (Phi) is 3.58. The molecule has 3 fully saturated rings. The molecule has 3 aliphatic heterocycles. The first-order chi connectivity index (χ1) is 10.1. The van der Waals surface area contributed by atoms with Gasteiger partial charge < -0.3 is 20.3 Å². The molecule has 1 spiro atoms. The Morgan fingerprint density at radius 2 is 2.29 bits per heavy atom. The minimum atomic E-state index is -0.945. The van der Waals surface area contributed by atoms with Gasteiger partial charge in [0.2, 0.25) is 5.91 Å². The zero-order valence-corrected chi connectivity index (χ0v) is 12.0. The quantitative estimate of drug-likeness (QED) is 0.546. The summed E-state index contributed by atoms with van der Waals surface area (Å²) in [7, 11) is 0. The third-order valence-corrected chi connectivity index (χ3v) is 4.46. The van der Waals surface area contributed by atoms with Crippen LogP contribution < -0.4 is 16.0 Å². The number of hydrogen-bond donors (Lipinski definition) is 3. The van der Waals surface area contributed by atoms with Gasteiger partial charge in [-0.05, 0) is 13.0 Å². The van der Waals surface area contributed by atoms with E-state index in [1.807, 2.05) is 6.92 Å². The maximum atomic E-state index is 12.6. The van der Waals surface area contributed by atoms with Gasteiger partial charge in [0.05, 0.1) is 25.7 Å². The summed E-state index contributed by atoms with van der Waals surface area (Å²) in [6, 6.07) is -0.463. The van der Waals surface area contributed by atoms with Crippen LogP contribution >= 0.6 is 0 Å². The number of amides is 4. The SMILES string of the molecule is CCNC1COCC1C(=O)N1CCC2(C1)NC(=O)NC2=O. The van der Waals surface area contributed by atoms with E-state index in [1.54, 1.807) is 4.90 Å². The van der Waals surface area contributed by atoms with Crippen molar-refractivity contribution in [2.45, 2.75) is 24.9 Å². The van der Waals surface area contributed by atoms with Crippen LogP contribution in [0.4, 0.5) is 4.79 Å². The van der Waals surface area contributed by atoms with Gasteiger partial charge >= 0.3 is 6.03 Å². The number of urea groups is 1. The monoisotopic (exact) mass is 296 g/mol. The molecule has 3 N–H and O–H groups in total. The van der Waals surface area contributed by atoms with E-state index >= 15 is 0 Å². The van der Waals surface area contributed by atoms with Crippen LogP contribution in [0.5, 0.6) is 0 Å². The van der Waals surface area contributed by atoms with Gasteiger partial charge in [-0.2, -0.15) is 0 Å². The molecule has 3 unspecified atom stereocenters. The Bertz CT molecular complexity index is 483. The van der Waals surface area contributed by atoms with E-state index in [0.717, 1.165) is 6.54 Å². The van der Waals surface area contributed by atoms with E-state index in [0.29, 0.717) is 26.2 Å². The maximum absolute atomic E-state index is 12.6. The average molecular weight is 296 g/mol. The number of carbonyl (C=O) groups excluding carboxylic acids is 3. The van der Waals surface area contributed by atoms with E-state index in [4.69, 9.17) is 4.74 Å². The molecule has 3 saturated heterocycles. The fourth-order valence-corrected chi connectivity index (χ4v) is 3.31. The lowest BCUT2D eigenvalue weighted by molar-refractivity contribution is -0.135. The molecule has 0 saturated carbocycles. The normalized spacial score (nSPS) is 35.4. The third-order valence-electron chi connectivity index (χ3n) is 4.46. The Morgan fingerprint density at radius 3 is 2.95 bits per heavy atom. The third kappa shape index (κ3) is 2.38. The Labute approximate surface area is 122 Å². The zero-order chi connectivity index (χ0) is 15.0.